The fraction of sp³-hybridized carbons (Fsp3) is 0.200. The summed E-state index contributed by atoms with van der Waals surface area (Å²) in [6.45, 7) is 1.75. The lowest BCUT2D eigenvalue weighted by Crippen LogP contribution is -2.22. The third-order valence-corrected chi connectivity index (χ3v) is 2.86. The number of benzene rings is 1. The number of hydrogen-bond acceptors (Lipinski definition) is 3. The first-order chi connectivity index (χ1) is 6.63. The van der Waals surface area contributed by atoms with Crippen LogP contribution in [0, 0.1) is 0 Å². The van der Waals surface area contributed by atoms with Crippen LogP contribution in [0.15, 0.2) is 29.2 Å². The number of nitrogens with two attached hydrogens (primary N) is 1. The molecule has 1 amide bonds. The summed E-state index contributed by atoms with van der Waals surface area (Å²) in [6.07, 6.45) is 0.784. The third-order valence-electron chi connectivity index (χ3n) is 1.73. The molecule has 4 heteroatoms. The predicted molar refractivity (Wildman–Crippen MR) is 56.3 cm³/mol. The fourth-order valence-corrected chi connectivity index (χ4v) is 1.70. The van der Waals surface area contributed by atoms with E-state index in [1.165, 1.54) is 11.8 Å². The van der Waals surface area contributed by atoms with Gasteiger partial charge in [-0.2, -0.15) is 0 Å². The van der Waals surface area contributed by atoms with Gasteiger partial charge < -0.3 is 5.73 Å². The van der Waals surface area contributed by atoms with Crippen molar-refractivity contribution in [2.45, 2.75) is 17.1 Å². The van der Waals surface area contributed by atoms with Crippen LogP contribution in [0.25, 0.3) is 0 Å². The molecule has 0 bridgehead atoms. The van der Waals surface area contributed by atoms with Crippen molar-refractivity contribution >= 4 is 24.0 Å². The maximum atomic E-state index is 10.8. The highest BCUT2D eigenvalue weighted by atomic mass is 32.2. The molecule has 0 heterocycles. The van der Waals surface area contributed by atoms with E-state index in [0.29, 0.717) is 5.56 Å². The lowest BCUT2D eigenvalue weighted by molar-refractivity contribution is -0.117. The number of hydrogen-bond donors (Lipinski definition) is 1. The van der Waals surface area contributed by atoms with Crippen LogP contribution in [0.1, 0.15) is 17.3 Å². The molecule has 0 aliphatic heterocycles. The third kappa shape index (κ3) is 2.88. The Kier molecular flexibility index (Phi) is 3.71. The zero-order valence-electron chi connectivity index (χ0n) is 7.77. The van der Waals surface area contributed by atoms with E-state index in [9.17, 15) is 9.59 Å². The zero-order valence-corrected chi connectivity index (χ0v) is 8.58. The van der Waals surface area contributed by atoms with E-state index >= 15 is 0 Å². The SMILES string of the molecule is CC(Sc1ccc(C=O)cc1)C(N)=O. The average molecular weight is 209 g/mol. The lowest BCUT2D eigenvalue weighted by atomic mass is 10.2. The summed E-state index contributed by atoms with van der Waals surface area (Å²) in [7, 11) is 0. The van der Waals surface area contributed by atoms with Gasteiger partial charge in [0.05, 0.1) is 5.25 Å². The predicted octanol–water partition coefficient (Wildman–Crippen LogP) is 1.46. The normalized spacial score (nSPS) is 12.1. The zero-order chi connectivity index (χ0) is 10.6. The van der Waals surface area contributed by atoms with E-state index in [1.54, 1.807) is 31.2 Å². The average Bonchev–Trinajstić information content (AvgIpc) is 2.19. The first-order valence-electron chi connectivity index (χ1n) is 4.14. The summed E-state index contributed by atoms with van der Waals surface area (Å²) in [5.41, 5.74) is 5.75. The smallest absolute Gasteiger partial charge is 0.230 e. The molecule has 0 saturated heterocycles. The summed E-state index contributed by atoms with van der Waals surface area (Å²) < 4.78 is 0. The topological polar surface area (TPSA) is 60.2 Å². The largest absolute Gasteiger partial charge is 0.369 e. The van der Waals surface area contributed by atoms with E-state index in [0.717, 1.165) is 11.2 Å². The van der Waals surface area contributed by atoms with Crippen LogP contribution in [-0.2, 0) is 4.79 Å². The van der Waals surface area contributed by atoms with E-state index in [4.69, 9.17) is 5.73 Å². The van der Waals surface area contributed by atoms with Crippen LogP contribution in [0.2, 0.25) is 0 Å². The molecule has 3 nitrogen and oxygen atoms in total. The lowest BCUT2D eigenvalue weighted by Gasteiger charge is -2.06. The molecular weight excluding hydrogens is 198 g/mol. The van der Waals surface area contributed by atoms with Gasteiger partial charge in [0, 0.05) is 10.5 Å². The summed E-state index contributed by atoms with van der Waals surface area (Å²) in [4.78, 5) is 22.1. The van der Waals surface area contributed by atoms with Crippen molar-refractivity contribution in [1.82, 2.24) is 0 Å². The Balaban J connectivity index is 2.68. The molecule has 0 radical (unpaired) electrons. The molecule has 1 rings (SSSR count). The molecular formula is C10H11NO2S. The second kappa shape index (κ2) is 4.81. The van der Waals surface area contributed by atoms with Crippen LogP contribution < -0.4 is 5.73 Å². The van der Waals surface area contributed by atoms with Crippen LogP contribution in [0.5, 0.6) is 0 Å². The van der Waals surface area contributed by atoms with Crippen LogP contribution in [-0.4, -0.2) is 17.4 Å². The molecule has 0 fully saturated rings. The molecule has 2 N–H and O–H groups in total. The van der Waals surface area contributed by atoms with Crippen molar-refractivity contribution in [1.29, 1.82) is 0 Å². The van der Waals surface area contributed by atoms with E-state index in [-0.39, 0.29) is 11.2 Å². The highest BCUT2D eigenvalue weighted by Gasteiger charge is 2.09. The van der Waals surface area contributed by atoms with Gasteiger partial charge >= 0.3 is 0 Å². The first-order valence-corrected chi connectivity index (χ1v) is 5.02. The van der Waals surface area contributed by atoms with Gasteiger partial charge in [-0.1, -0.05) is 12.1 Å². The van der Waals surface area contributed by atoms with Gasteiger partial charge in [0.1, 0.15) is 6.29 Å². The number of aldehydes is 1. The monoisotopic (exact) mass is 209 g/mol. The van der Waals surface area contributed by atoms with Crippen molar-refractivity contribution in [2.24, 2.45) is 5.73 Å². The van der Waals surface area contributed by atoms with Gasteiger partial charge in [-0.15, -0.1) is 11.8 Å². The van der Waals surface area contributed by atoms with Gasteiger partial charge in [0.25, 0.3) is 0 Å². The number of carbonyl (C=O) groups excluding carboxylic acids is 2. The highest BCUT2D eigenvalue weighted by Crippen LogP contribution is 2.22. The molecule has 1 unspecified atom stereocenters. The van der Waals surface area contributed by atoms with E-state index < -0.39 is 0 Å². The number of rotatable bonds is 4. The molecule has 14 heavy (non-hydrogen) atoms. The Bertz CT molecular complexity index is 334. The Morgan fingerprint density at radius 2 is 2.00 bits per heavy atom. The number of amides is 1. The maximum absolute atomic E-state index is 10.8. The van der Waals surface area contributed by atoms with Gasteiger partial charge in [0.2, 0.25) is 5.91 Å². The van der Waals surface area contributed by atoms with Crippen molar-refractivity contribution in [3.63, 3.8) is 0 Å². The number of primary amides is 1. The fourth-order valence-electron chi connectivity index (χ4n) is 0.887. The molecule has 1 aromatic rings. The first kappa shape index (κ1) is 10.8. The summed E-state index contributed by atoms with van der Waals surface area (Å²) >= 11 is 1.38. The minimum absolute atomic E-state index is 0.253. The van der Waals surface area contributed by atoms with Gasteiger partial charge in [-0.3, -0.25) is 9.59 Å². The number of carbonyl (C=O) groups is 2. The second-order valence-electron chi connectivity index (χ2n) is 2.85. The molecule has 0 saturated carbocycles. The highest BCUT2D eigenvalue weighted by molar-refractivity contribution is 8.00. The summed E-state index contributed by atoms with van der Waals surface area (Å²) in [5, 5.41) is -0.253. The summed E-state index contributed by atoms with van der Waals surface area (Å²) in [5.74, 6) is -0.338. The minimum atomic E-state index is -0.338. The van der Waals surface area contributed by atoms with E-state index in [2.05, 4.69) is 0 Å². The van der Waals surface area contributed by atoms with Crippen molar-refractivity contribution in [3.05, 3.63) is 29.8 Å². The second-order valence-corrected chi connectivity index (χ2v) is 4.26. The Morgan fingerprint density at radius 1 is 1.43 bits per heavy atom. The Labute approximate surface area is 86.7 Å². The molecule has 0 aliphatic rings. The summed E-state index contributed by atoms with van der Waals surface area (Å²) in [6, 6.07) is 7.02. The maximum Gasteiger partial charge on any atom is 0.230 e. The minimum Gasteiger partial charge on any atom is -0.369 e. The molecule has 0 aliphatic carbocycles. The molecule has 0 aromatic heterocycles. The van der Waals surface area contributed by atoms with Crippen LogP contribution in [0.4, 0.5) is 0 Å². The van der Waals surface area contributed by atoms with Crippen LogP contribution >= 0.6 is 11.8 Å². The van der Waals surface area contributed by atoms with Gasteiger partial charge in [0.15, 0.2) is 0 Å². The Hall–Kier alpha value is -1.29. The van der Waals surface area contributed by atoms with Gasteiger partial charge in [-0.05, 0) is 19.1 Å². The van der Waals surface area contributed by atoms with Crippen molar-refractivity contribution in [2.75, 3.05) is 0 Å². The van der Waals surface area contributed by atoms with Gasteiger partial charge in [-0.25, -0.2) is 0 Å². The van der Waals surface area contributed by atoms with Crippen molar-refractivity contribution < 1.29 is 9.59 Å². The standard InChI is InChI=1S/C10H11NO2S/c1-7(10(11)13)14-9-4-2-8(6-12)3-5-9/h2-7H,1H3,(H2,11,13). The van der Waals surface area contributed by atoms with Crippen molar-refractivity contribution in [3.8, 4) is 0 Å². The Morgan fingerprint density at radius 3 is 2.43 bits per heavy atom. The van der Waals surface area contributed by atoms with Crippen LogP contribution in [0.3, 0.4) is 0 Å². The molecule has 1 aromatic carbocycles. The molecule has 1 atom stereocenters. The number of thioether (sulfide) groups is 1. The molecule has 74 valence electrons. The van der Waals surface area contributed by atoms with E-state index in [1.807, 2.05) is 0 Å². The quantitative estimate of drug-likeness (QED) is 0.603. The molecule has 0 spiro atoms.